The molecule has 0 radical (unpaired) electrons. The Hall–Kier alpha value is -3.71. The van der Waals surface area contributed by atoms with Crippen LogP contribution in [-0.4, -0.2) is 46.5 Å². The molecule has 1 spiro atoms. The SMILES string of the molecule is O=C(Nc1cccc(F)c1)N1CCC2(CC1)NC(Cc1ccccc1)C(=O)N2Cc1ccccc1. The lowest BCUT2D eigenvalue weighted by molar-refractivity contribution is -0.134. The second-order valence-corrected chi connectivity index (χ2v) is 9.26. The number of nitrogens with one attached hydrogen (secondary N) is 2. The number of benzene rings is 3. The van der Waals surface area contributed by atoms with E-state index >= 15 is 0 Å². The number of likely N-dealkylation sites (tertiary alicyclic amines) is 1. The number of anilines is 1. The van der Waals surface area contributed by atoms with E-state index in [0.29, 0.717) is 44.6 Å². The highest BCUT2D eigenvalue weighted by atomic mass is 19.1. The molecular weight excluding hydrogens is 443 g/mol. The topological polar surface area (TPSA) is 64.7 Å². The number of nitrogens with zero attached hydrogens (tertiary/aromatic N) is 2. The van der Waals surface area contributed by atoms with Gasteiger partial charge in [0.15, 0.2) is 0 Å². The Balaban J connectivity index is 1.31. The zero-order valence-corrected chi connectivity index (χ0v) is 19.5. The number of rotatable bonds is 5. The van der Waals surface area contributed by atoms with E-state index in [0.717, 1.165) is 11.1 Å². The predicted octanol–water partition coefficient (Wildman–Crippen LogP) is 4.39. The van der Waals surface area contributed by atoms with Gasteiger partial charge in [-0.1, -0.05) is 66.7 Å². The molecule has 0 bridgehead atoms. The number of urea groups is 1. The highest BCUT2D eigenvalue weighted by molar-refractivity contribution is 5.89. The van der Waals surface area contributed by atoms with Crippen molar-refractivity contribution in [1.29, 1.82) is 0 Å². The number of hydrogen-bond donors (Lipinski definition) is 2. The van der Waals surface area contributed by atoms with Gasteiger partial charge in [-0.3, -0.25) is 10.1 Å². The van der Waals surface area contributed by atoms with E-state index in [2.05, 4.69) is 10.6 Å². The molecule has 5 rings (SSSR count). The first-order valence-corrected chi connectivity index (χ1v) is 12.0. The van der Waals surface area contributed by atoms with Gasteiger partial charge in [0, 0.05) is 38.2 Å². The quantitative estimate of drug-likeness (QED) is 0.579. The summed E-state index contributed by atoms with van der Waals surface area (Å²) in [5.41, 5.74) is 2.11. The van der Waals surface area contributed by atoms with Gasteiger partial charge in [0.05, 0.1) is 11.7 Å². The molecule has 0 aromatic heterocycles. The Morgan fingerprint density at radius 1 is 0.943 bits per heavy atom. The van der Waals surface area contributed by atoms with Crippen LogP contribution in [-0.2, 0) is 17.8 Å². The third-order valence-electron chi connectivity index (χ3n) is 6.94. The van der Waals surface area contributed by atoms with E-state index in [1.807, 2.05) is 65.6 Å². The smallest absolute Gasteiger partial charge is 0.321 e. The molecule has 35 heavy (non-hydrogen) atoms. The average Bonchev–Trinajstić information content (AvgIpc) is 3.11. The van der Waals surface area contributed by atoms with Crippen LogP contribution in [0.4, 0.5) is 14.9 Å². The van der Waals surface area contributed by atoms with Crippen LogP contribution in [0.2, 0.25) is 0 Å². The van der Waals surface area contributed by atoms with Gasteiger partial charge in [-0.2, -0.15) is 0 Å². The van der Waals surface area contributed by atoms with Crippen molar-refractivity contribution in [2.24, 2.45) is 0 Å². The highest BCUT2D eigenvalue weighted by Crippen LogP contribution is 2.35. The molecule has 0 aliphatic carbocycles. The molecule has 1 unspecified atom stereocenters. The Kier molecular flexibility index (Phi) is 6.51. The molecule has 1 atom stereocenters. The zero-order valence-electron chi connectivity index (χ0n) is 19.5. The van der Waals surface area contributed by atoms with Gasteiger partial charge in [-0.25, -0.2) is 9.18 Å². The van der Waals surface area contributed by atoms with Crippen LogP contribution in [0.5, 0.6) is 0 Å². The predicted molar refractivity (Wildman–Crippen MR) is 133 cm³/mol. The minimum absolute atomic E-state index is 0.0929. The van der Waals surface area contributed by atoms with Gasteiger partial charge < -0.3 is 15.1 Å². The van der Waals surface area contributed by atoms with Gasteiger partial charge in [-0.15, -0.1) is 0 Å². The maximum absolute atomic E-state index is 13.6. The third kappa shape index (κ3) is 5.05. The third-order valence-corrected chi connectivity index (χ3v) is 6.94. The van der Waals surface area contributed by atoms with Crippen LogP contribution in [0.3, 0.4) is 0 Å². The summed E-state index contributed by atoms with van der Waals surface area (Å²) in [6.07, 6.45) is 1.86. The number of amides is 3. The second-order valence-electron chi connectivity index (χ2n) is 9.26. The molecule has 2 fully saturated rings. The molecule has 2 saturated heterocycles. The Morgan fingerprint density at radius 3 is 2.26 bits per heavy atom. The van der Waals surface area contributed by atoms with Gasteiger partial charge >= 0.3 is 6.03 Å². The first-order chi connectivity index (χ1) is 17.0. The van der Waals surface area contributed by atoms with E-state index in [9.17, 15) is 14.0 Å². The average molecular weight is 473 g/mol. The zero-order chi connectivity index (χ0) is 24.3. The maximum Gasteiger partial charge on any atom is 0.321 e. The molecule has 7 heteroatoms. The molecule has 2 N–H and O–H groups in total. The first-order valence-electron chi connectivity index (χ1n) is 12.0. The van der Waals surface area contributed by atoms with Crippen LogP contribution >= 0.6 is 0 Å². The highest BCUT2D eigenvalue weighted by Gasteiger charge is 2.51. The lowest BCUT2D eigenvalue weighted by atomic mass is 9.95. The summed E-state index contributed by atoms with van der Waals surface area (Å²) < 4.78 is 13.5. The van der Waals surface area contributed by atoms with Crippen LogP contribution < -0.4 is 10.6 Å². The number of carbonyl (C=O) groups excluding carboxylic acids is 2. The van der Waals surface area contributed by atoms with Crippen LogP contribution in [0.1, 0.15) is 24.0 Å². The van der Waals surface area contributed by atoms with E-state index in [-0.39, 0.29) is 18.0 Å². The molecule has 180 valence electrons. The van der Waals surface area contributed by atoms with Crippen molar-refractivity contribution in [2.45, 2.75) is 37.5 Å². The minimum Gasteiger partial charge on any atom is -0.324 e. The Morgan fingerprint density at radius 2 is 1.60 bits per heavy atom. The largest absolute Gasteiger partial charge is 0.324 e. The van der Waals surface area contributed by atoms with Crippen molar-refractivity contribution < 1.29 is 14.0 Å². The van der Waals surface area contributed by atoms with Gasteiger partial charge in [0.1, 0.15) is 5.82 Å². The van der Waals surface area contributed by atoms with Crippen molar-refractivity contribution in [2.75, 3.05) is 18.4 Å². The summed E-state index contributed by atoms with van der Waals surface area (Å²) in [6.45, 7) is 1.50. The van der Waals surface area contributed by atoms with Crippen molar-refractivity contribution >= 4 is 17.6 Å². The fraction of sp³-hybridized carbons (Fsp3) is 0.286. The van der Waals surface area contributed by atoms with Crippen LogP contribution in [0.25, 0.3) is 0 Å². The van der Waals surface area contributed by atoms with Gasteiger partial charge in [0.25, 0.3) is 0 Å². The first kappa shape index (κ1) is 23.1. The van der Waals surface area contributed by atoms with Crippen LogP contribution in [0, 0.1) is 5.82 Å². The lowest BCUT2D eigenvalue weighted by Gasteiger charge is -2.44. The van der Waals surface area contributed by atoms with E-state index in [1.54, 1.807) is 17.0 Å². The molecule has 3 aromatic rings. The molecule has 6 nitrogen and oxygen atoms in total. The molecule has 2 aliphatic heterocycles. The fourth-order valence-electron chi connectivity index (χ4n) is 5.11. The summed E-state index contributed by atoms with van der Waals surface area (Å²) in [5, 5.41) is 6.44. The molecule has 0 saturated carbocycles. The Labute approximate surface area is 204 Å². The van der Waals surface area contributed by atoms with Crippen LogP contribution in [0.15, 0.2) is 84.9 Å². The second kappa shape index (κ2) is 9.88. The molecule has 3 amide bonds. The normalized spacial score (nSPS) is 19.2. The molecule has 2 heterocycles. The van der Waals surface area contributed by atoms with Crippen molar-refractivity contribution in [3.63, 3.8) is 0 Å². The van der Waals surface area contributed by atoms with Crippen molar-refractivity contribution in [3.8, 4) is 0 Å². The summed E-state index contributed by atoms with van der Waals surface area (Å²) >= 11 is 0. The Bertz CT molecular complexity index is 1180. The summed E-state index contributed by atoms with van der Waals surface area (Å²) in [4.78, 5) is 30.1. The summed E-state index contributed by atoms with van der Waals surface area (Å²) in [7, 11) is 0. The van der Waals surface area contributed by atoms with E-state index in [1.165, 1.54) is 12.1 Å². The lowest BCUT2D eigenvalue weighted by Crippen LogP contribution is -2.59. The fourth-order valence-corrected chi connectivity index (χ4v) is 5.11. The number of carbonyl (C=O) groups is 2. The standard InChI is InChI=1S/C28H29FN4O2/c29-23-12-7-13-24(19-23)30-27(35)32-16-14-28(15-17-32)31-25(18-21-8-3-1-4-9-21)26(34)33(28)20-22-10-5-2-6-11-22/h1-13,19,25,31H,14-18,20H2,(H,30,35). The van der Waals surface area contributed by atoms with Crippen molar-refractivity contribution in [3.05, 3.63) is 102 Å². The number of piperidine rings is 1. The summed E-state index contributed by atoms with van der Waals surface area (Å²) in [5.74, 6) is -0.301. The maximum atomic E-state index is 13.6. The minimum atomic E-state index is -0.512. The van der Waals surface area contributed by atoms with Crippen molar-refractivity contribution in [1.82, 2.24) is 15.1 Å². The molecular formula is C28H29FN4O2. The van der Waals surface area contributed by atoms with E-state index < -0.39 is 11.5 Å². The van der Waals surface area contributed by atoms with E-state index in [4.69, 9.17) is 0 Å². The number of hydrogen-bond acceptors (Lipinski definition) is 3. The molecule has 2 aliphatic rings. The molecule has 3 aromatic carbocycles. The monoisotopic (exact) mass is 472 g/mol. The van der Waals surface area contributed by atoms with Gasteiger partial charge in [-0.05, 0) is 35.7 Å². The summed E-state index contributed by atoms with van der Waals surface area (Å²) in [6, 6.07) is 25.3. The van der Waals surface area contributed by atoms with Gasteiger partial charge in [0.2, 0.25) is 5.91 Å². The number of halogens is 1.